The van der Waals surface area contributed by atoms with Crippen LogP contribution in [-0.4, -0.2) is 56.0 Å². The van der Waals surface area contributed by atoms with Crippen molar-refractivity contribution in [3.8, 4) is 11.5 Å². The minimum absolute atomic E-state index is 0.0665. The van der Waals surface area contributed by atoms with Crippen LogP contribution in [0.15, 0.2) is 42.5 Å². The van der Waals surface area contributed by atoms with E-state index in [9.17, 15) is 14.4 Å². The van der Waals surface area contributed by atoms with Gasteiger partial charge in [-0.3, -0.25) is 19.3 Å². The third-order valence-electron chi connectivity index (χ3n) is 5.47. The molecule has 2 heterocycles. The Hall–Kier alpha value is -3.55. The lowest BCUT2D eigenvalue weighted by Crippen LogP contribution is -2.43. The summed E-state index contributed by atoms with van der Waals surface area (Å²) in [7, 11) is 1.57. The molecule has 2 aliphatic rings. The number of fused-ring (bicyclic) bond motifs is 1. The van der Waals surface area contributed by atoms with Crippen molar-refractivity contribution < 1.29 is 23.9 Å². The predicted molar refractivity (Wildman–Crippen MR) is 116 cm³/mol. The Morgan fingerprint density at radius 2 is 1.81 bits per heavy atom. The zero-order chi connectivity index (χ0) is 21.8. The summed E-state index contributed by atoms with van der Waals surface area (Å²) >= 11 is 0. The van der Waals surface area contributed by atoms with Crippen molar-refractivity contribution in [1.29, 1.82) is 0 Å². The Balaban J connectivity index is 1.51. The van der Waals surface area contributed by atoms with E-state index in [2.05, 4.69) is 5.32 Å². The highest BCUT2D eigenvalue weighted by atomic mass is 16.5. The van der Waals surface area contributed by atoms with E-state index in [4.69, 9.17) is 9.47 Å². The third kappa shape index (κ3) is 4.63. The summed E-state index contributed by atoms with van der Waals surface area (Å²) in [6.07, 6.45) is 3.12. The number of ether oxygens (including phenoxy) is 2. The van der Waals surface area contributed by atoms with E-state index in [0.29, 0.717) is 28.4 Å². The summed E-state index contributed by atoms with van der Waals surface area (Å²) < 4.78 is 10.6. The second-order valence-electron chi connectivity index (χ2n) is 7.58. The van der Waals surface area contributed by atoms with Crippen LogP contribution in [0.2, 0.25) is 0 Å². The fraction of sp³-hybridized carbons (Fsp3) is 0.348. The minimum Gasteiger partial charge on any atom is -0.497 e. The molecule has 0 radical (unpaired) electrons. The summed E-state index contributed by atoms with van der Waals surface area (Å²) in [4.78, 5) is 41.2. The fourth-order valence-corrected chi connectivity index (χ4v) is 3.81. The van der Waals surface area contributed by atoms with Crippen LogP contribution in [0.3, 0.4) is 0 Å². The van der Waals surface area contributed by atoms with E-state index in [1.807, 2.05) is 4.90 Å². The summed E-state index contributed by atoms with van der Waals surface area (Å²) in [5.74, 6) is 0.412. The number of likely N-dealkylation sites (tertiary alicyclic amines) is 1. The molecule has 0 spiro atoms. The number of piperidine rings is 1. The van der Waals surface area contributed by atoms with Crippen molar-refractivity contribution in [2.24, 2.45) is 0 Å². The normalized spacial score (nSPS) is 15.7. The lowest BCUT2D eigenvalue weighted by atomic mass is 10.1. The van der Waals surface area contributed by atoms with Crippen molar-refractivity contribution in [3.63, 3.8) is 0 Å². The smallest absolute Gasteiger partial charge is 0.265 e. The van der Waals surface area contributed by atoms with E-state index in [0.717, 1.165) is 32.4 Å². The van der Waals surface area contributed by atoms with Crippen LogP contribution in [0.1, 0.15) is 29.6 Å². The van der Waals surface area contributed by atoms with Crippen LogP contribution in [0.25, 0.3) is 0 Å². The molecule has 8 heteroatoms. The van der Waals surface area contributed by atoms with E-state index in [1.165, 1.54) is 4.90 Å². The first-order chi connectivity index (χ1) is 15.0. The molecule has 2 aliphatic heterocycles. The second-order valence-corrected chi connectivity index (χ2v) is 7.58. The van der Waals surface area contributed by atoms with E-state index < -0.39 is 0 Å². The highest BCUT2D eigenvalue weighted by Crippen LogP contribution is 2.33. The molecule has 0 saturated carbocycles. The van der Waals surface area contributed by atoms with Crippen LogP contribution in [-0.2, 0) is 9.59 Å². The quantitative estimate of drug-likeness (QED) is 0.799. The zero-order valence-corrected chi connectivity index (χ0v) is 17.4. The second kappa shape index (κ2) is 9.07. The molecule has 31 heavy (non-hydrogen) atoms. The number of nitrogens with one attached hydrogen (secondary N) is 1. The van der Waals surface area contributed by atoms with Gasteiger partial charge in [0.1, 0.15) is 18.0 Å². The number of amides is 3. The molecule has 0 aliphatic carbocycles. The van der Waals surface area contributed by atoms with Gasteiger partial charge in [-0.25, -0.2) is 0 Å². The Labute approximate surface area is 180 Å². The third-order valence-corrected chi connectivity index (χ3v) is 5.47. The maximum absolute atomic E-state index is 12.9. The van der Waals surface area contributed by atoms with Crippen LogP contribution >= 0.6 is 0 Å². The Morgan fingerprint density at radius 3 is 2.52 bits per heavy atom. The zero-order valence-electron chi connectivity index (χ0n) is 17.4. The van der Waals surface area contributed by atoms with Gasteiger partial charge in [0.2, 0.25) is 5.91 Å². The largest absolute Gasteiger partial charge is 0.497 e. The lowest BCUT2D eigenvalue weighted by Gasteiger charge is -2.30. The van der Waals surface area contributed by atoms with Gasteiger partial charge in [-0.15, -0.1) is 0 Å². The average molecular weight is 423 g/mol. The van der Waals surface area contributed by atoms with Crippen molar-refractivity contribution in [1.82, 2.24) is 4.90 Å². The molecular formula is C23H25N3O5. The van der Waals surface area contributed by atoms with Crippen molar-refractivity contribution >= 4 is 29.1 Å². The van der Waals surface area contributed by atoms with Crippen LogP contribution < -0.4 is 19.7 Å². The monoisotopic (exact) mass is 423 g/mol. The number of anilines is 2. The van der Waals surface area contributed by atoms with Gasteiger partial charge in [-0.1, -0.05) is 0 Å². The standard InChI is InChI=1S/C23H25N3O5/c1-30-18-8-6-17(7-9-18)24-21(27)14-26-19-13-16(5-10-20(19)31-15-22(26)28)23(29)25-11-3-2-4-12-25/h5-10,13H,2-4,11-12,14-15H2,1H3,(H,24,27). The highest BCUT2D eigenvalue weighted by molar-refractivity contribution is 6.06. The van der Waals surface area contributed by atoms with Crippen molar-refractivity contribution in [3.05, 3.63) is 48.0 Å². The molecule has 8 nitrogen and oxygen atoms in total. The average Bonchev–Trinajstić information content (AvgIpc) is 2.81. The van der Waals surface area contributed by atoms with E-state index in [-0.39, 0.29) is 30.9 Å². The molecule has 0 unspecified atom stereocenters. The number of carbonyl (C=O) groups excluding carboxylic acids is 3. The molecule has 4 rings (SSSR count). The predicted octanol–water partition coefficient (Wildman–Crippen LogP) is 2.69. The molecular weight excluding hydrogens is 398 g/mol. The number of methoxy groups -OCH3 is 1. The highest BCUT2D eigenvalue weighted by Gasteiger charge is 2.29. The van der Waals surface area contributed by atoms with Gasteiger partial charge in [0, 0.05) is 24.3 Å². The minimum atomic E-state index is -0.348. The van der Waals surface area contributed by atoms with Crippen LogP contribution in [0, 0.1) is 0 Å². The summed E-state index contributed by atoms with van der Waals surface area (Å²) in [6, 6.07) is 12.0. The maximum atomic E-state index is 12.9. The number of nitrogens with zero attached hydrogens (tertiary/aromatic N) is 2. The number of rotatable bonds is 5. The fourth-order valence-electron chi connectivity index (χ4n) is 3.81. The molecule has 3 amide bonds. The molecule has 0 aromatic heterocycles. The van der Waals surface area contributed by atoms with Gasteiger partial charge in [-0.05, 0) is 61.7 Å². The Kier molecular flexibility index (Phi) is 6.06. The Bertz CT molecular complexity index is 983. The molecule has 1 saturated heterocycles. The molecule has 1 N–H and O–H groups in total. The van der Waals surface area contributed by atoms with E-state index in [1.54, 1.807) is 49.6 Å². The topological polar surface area (TPSA) is 88.2 Å². The number of hydrogen-bond acceptors (Lipinski definition) is 5. The van der Waals surface area contributed by atoms with Gasteiger partial charge in [0.25, 0.3) is 11.8 Å². The van der Waals surface area contributed by atoms with Gasteiger partial charge < -0.3 is 19.7 Å². The van der Waals surface area contributed by atoms with Crippen molar-refractivity contribution in [2.45, 2.75) is 19.3 Å². The number of carbonyl (C=O) groups is 3. The van der Waals surface area contributed by atoms with Gasteiger partial charge in [-0.2, -0.15) is 0 Å². The first-order valence-electron chi connectivity index (χ1n) is 10.4. The van der Waals surface area contributed by atoms with Crippen LogP contribution in [0.4, 0.5) is 11.4 Å². The number of hydrogen-bond donors (Lipinski definition) is 1. The van der Waals surface area contributed by atoms with Gasteiger partial charge in [0.05, 0.1) is 12.8 Å². The van der Waals surface area contributed by atoms with Gasteiger partial charge >= 0.3 is 0 Å². The molecule has 162 valence electrons. The SMILES string of the molecule is COc1ccc(NC(=O)CN2C(=O)COc3ccc(C(=O)N4CCCCC4)cc32)cc1. The maximum Gasteiger partial charge on any atom is 0.265 e. The molecule has 0 atom stereocenters. The summed E-state index contributed by atoms with van der Waals surface area (Å²) in [6.45, 7) is 1.14. The van der Waals surface area contributed by atoms with E-state index >= 15 is 0 Å². The lowest BCUT2D eigenvalue weighted by molar-refractivity contribution is -0.123. The first kappa shape index (κ1) is 20.7. The molecule has 1 fully saturated rings. The molecule has 2 aromatic rings. The van der Waals surface area contributed by atoms with Crippen LogP contribution in [0.5, 0.6) is 11.5 Å². The molecule has 0 bridgehead atoms. The van der Waals surface area contributed by atoms with Gasteiger partial charge in [0.15, 0.2) is 6.61 Å². The molecule has 2 aromatic carbocycles. The Morgan fingerprint density at radius 1 is 1.06 bits per heavy atom. The van der Waals surface area contributed by atoms with Crippen molar-refractivity contribution in [2.75, 3.05) is 43.6 Å². The first-order valence-corrected chi connectivity index (χ1v) is 10.4. The number of benzene rings is 2. The summed E-state index contributed by atoms with van der Waals surface area (Å²) in [5.41, 5.74) is 1.52. The summed E-state index contributed by atoms with van der Waals surface area (Å²) in [5, 5.41) is 2.78.